The summed E-state index contributed by atoms with van der Waals surface area (Å²) >= 11 is 0. The molecule has 0 saturated heterocycles. The molecule has 1 aromatic carbocycles. The van der Waals surface area contributed by atoms with Crippen molar-refractivity contribution in [2.75, 3.05) is 0 Å². The second-order valence-electron chi connectivity index (χ2n) is 4.47. The third-order valence-electron chi connectivity index (χ3n) is 3.25. The van der Waals surface area contributed by atoms with Crippen molar-refractivity contribution in [2.45, 2.75) is 31.3 Å². The van der Waals surface area contributed by atoms with Crippen molar-refractivity contribution >= 4 is 5.97 Å². The zero-order chi connectivity index (χ0) is 11.9. The van der Waals surface area contributed by atoms with Gasteiger partial charge in [0, 0.05) is 5.56 Å². The van der Waals surface area contributed by atoms with E-state index in [0.29, 0.717) is 5.56 Å². The predicted octanol–water partition coefficient (Wildman–Crippen LogP) is 1.18. The number of phenolic OH excluding ortho intramolecular Hbond substituents is 1. The first-order chi connectivity index (χ1) is 7.45. The molecule has 2 rings (SSSR count). The zero-order valence-corrected chi connectivity index (χ0v) is 8.97. The monoisotopic (exact) mass is 222 g/mol. The van der Waals surface area contributed by atoms with Gasteiger partial charge in [-0.05, 0) is 31.4 Å². The average Bonchev–Trinajstić information content (AvgIpc) is 2.12. The summed E-state index contributed by atoms with van der Waals surface area (Å²) < 4.78 is 0. The number of benzene rings is 1. The van der Waals surface area contributed by atoms with Crippen LogP contribution >= 0.6 is 0 Å². The Kier molecular flexibility index (Phi) is 2.39. The van der Waals surface area contributed by atoms with Crippen molar-refractivity contribution in [1.29, 1.82) is 0 Å². The fourth-order valence-electron chi connectivity index (χ4n) is 2.30. The Morgan fingerprint density at radius 2 is 2.06 bits per heavy atom. The van der Waals surface area contributed by atoms with E-state index in [-0.39, 0.29) is 18.6 Å². The Bertz CT molecular complexity index is 433. The van der Waals surface area contributed by atoms with Crippen molar-refractivity contribution in [3.05, 3.63) is 29.3 Å². The van der Waals surface area contributed by atoms with E-state index in [2.05, 4.69) is 0 Å². The third kappa shape index (κ3) is 1.46. The Morgan fingerprint density at radius 1 is 1.44 bits per heavy atom. The highest BCUT2D eigenvalue weighted by Crippen LogP contribution is 2.47. The maximum absolute atomic E-state index is 11.3. The van der Waals surface area contributed by atoms with E-state index in [1.807, 2.05) is 6.92 Å². The lowest BCUT2D eigenvalue weighted by molar-refractivity contribution is -0.153. The topological polar surface area (TPSA) is 77.8 Å². The van der Waals surface area contributed by atoms with Gasteiger partial charge in [0.15, 0.2) is 0 Å². The lowest BCUT2D eigenvalue weighted by atomic mass is 9.62. The molecule has 0 heterocycles. The first-order valence-electron chi connectivity index (χ1n) is 5.17. The molecule has 1 saturated carbocycles. The highest BCUT2D eigenvalue weighted by atomic mass is 16.4. The minimum atomic E-state index is -1.11. The average molecular weight is 222 g/mol. The summed E-state index contributed by atoms with van der Waals surface area (Å²) in [5.74, 6) is -0.994. The van der Waals surface area contributed by atoms with Gasteiger partial charge < -0.3 is 15.3 Å². The smallest absolute Gasteiger partial charge is 0.314 e. The van der Waals surface area contributed by atoms with Crippen LogP contribution in [0, 0.1) is 6.92 Å². The molecule has 0 unspecified atom stereocenters. The van der Waals surface area contributed by atoms with Crippen LogP contribution in [0.5, 0.6) is 5.75 Å². The number of carboxylic acid groups (broad SMARTS) is 1. The largest absolute Gasteiger partial charge is 0.508 e. The number of aryl methyl sites for hydroxylation is 1. The maximum atomic E-state index is 11.3. The van der Waals surface area contributed by atoms with Gasteiger partial charge >= 0.3 is 5.97 Å². The van der Waals surface area contributed by atoms with Crippen LogP contribution in [0.4, 0.5) is 0 Å². The van der Waals surface area contributed by atoms with Crippen molar-refractivity contribution in [3.8, 4) is 5.75 Å². The molecular formula is C12H14O4. The first kappa shape index (κ1) is 11.0. The molecule has 86 valence electrons. The zero-order valence-electron chi connectivity index (χ0n) is 8.97. The number of hydrogen-bond acceptors (Lipinski definition) is 3. The second kappa shape index (κ2) is 3.49. The highest BCUT2D eigenvalue weighted by molar-refractivity contribution is 5.84. The molecule has 1 aliphatic rings. The molecule has 3 N–H and O–H groups in total. The maximum Gasteiger partial charge on any atom is 0.314 e. The van der Waals surface area contributed by atoms with E-state index in [0.717, 1.165) is 5.56 Å². The SMILES string of the molecule is Cc1ccc(C2(C(=O)O)CC(O)C2)c(O)c1. The highest BCUT2D eigenvalue weighted by Gasteiger charge is 2.52. The minimum absolute atomic E-state index is 0.00528. The van der Waals surface area contributed by atoms with Crippen LogP contribution < -0.4 is 0 Å². The molecule has 0 aromatic heterocycles. The Hall–Kier alpha value is -1.55. The number of rotatable bonds is 2. The van der Waals surface area contributed by atoms with Crippen LogP contribution in [-0.2, 0) is 10.2 Å². The van der Waals surface area contributed by atoms with Crippen molar-refractivity contribution in [3.63, 3.8) is 0 Å². The third-order valence-corrected chi connectivity index (χ3v) is 3.25. The molecule has 1 aliphatic carbocycles. The molecule has 16 heavy (non-hydrogen) atoms. The number of aliphatic hydroxyl groups excluding tert-OH is 1. The molecule has 4 nitrogen and oxygen atoms in total. The van der Waals surface area contributed by atoms with Crippen LogP contribution in [0.2, 0.25) is 0 Å². The van der Waals surface area contributed by atoms with Gasteiger partial charge in [-0.2, -0.15) is 0 Å². The summed E-state index contributed by atoms with van der Waals surface area (Å²) in [5.41, 5.74) is 0.162. The molecule has 4 heteroatoms. The molecule has 1 fully saturated rings. The van der Waals surface area contributed by atoms with Crippen LogP contribution in [0.25, 0.3) is 0 Å². The second-order valence-corrected chi connectivity index (χ2v) is 4.47. The van der Waals surface area contributed by atoms with Gasteiger partial charge in [0.25, 0.3) is 0 Å². The van der Waals surface area contributed by atoms with Gasteiger partial charge in [-0.1, -0.05) is 12.1 Å². The molecule has 0 amide bonds. The summed E-state index contributed by atoms with van der Waals surface area (Å²) in [6.07, 6.45) is -0.255. The lowest BCUT2D eigenvalue weighted by Crippen LogP contribution is -2.50. The van der Waals surface area contributed by atoms with Crippen molar-refractivity contribution in [1.82, 2.24) is 0 Å². The minimum Gasteiger partial charge on any atom is -0.508 e. The van der Waals surface area contributed by atoms with E-state index in [4.69, 9.17) is 0 Å². The molecule has 1 aromatic rings. The van der Waals surface area contributed by atoms with Gasteiger partial charge in [-0.15, -0.1) is 0 Å². The molecule has 0 atom stereocenters. The molecule has 0 aliphatic heterocycles. The fraction of sp³-hybridized carbons (Fsp3) is 0.417. The Balaban J connectivity index is 2.45. The number of carbonyl (C=O) groups is 1. The van der Waals surface area contributed by atoms with Crippen molar-refractivity contribution in [2.24, 2.45) is 0 Å². The van der Waals surface area contributed by atoms with E-state index in [9.17, 15) is 20.1 Å². The lowest BCUT2D eigenvalue weighted by Gasteiger charge is -2.42. The number of hydrogen-bond donors (Lipinski definition) is 3. The molecule has 0 radical (unpaired) electrons. The first-order valence-corrected chi connectivity index (χ1v) is 5.17. The van der Waals surface area contributed by atoms with Crippen molar-refractivity contribution < 1.29 is 20.1 Å². The molecule has 0 spiro atoms. The summed E-state index contributed by atoms with van der Waals surface area (Å²) in [6.45, 7) is 1.83. The van der Waals surface area contributed by atoms with Crippen LogP contribution in [0.3, 0.4) is 0 Å². The van der Waals surface area contributed by atoms with Gasteiger partial charge in [0.1, 0.15) is 11.2 Å². The Morgan fingerprint density at radius 3 is 2.50 bits per heavy atom. The summed E-state index contributed by atoms with van der Waals surface area (Å²) in [7, 11) is 0. The van der Waals surface area contributed by atoms with Gasteiger partial charge in [0.05, 0.1) is 6.10 Å². The number of aromatic hydroxyl groups is 1. The summed E-state index contributed by atoms with van der Waals surface area (Å²) in [5, 5.41) is 28.3. The van der Waals surface area contributed by atoms with E-state index in [1.54, 1.807) is 18.2 Å². The fourth-order valence-corrected chi connectivity index (χ4v) is 2.30. The van der Waals surface area contributed by atoms with Crippen LogP contribution in [-0.4, -0.2) is 27.4 Å². The summed E-state index contributed by atoms with van der Waals surface area (Å²) in [4.78, 5) is 11.3. The normalized spacial score (nSPS) is 28.5. The van der Waals surface area contributed by atoms with Crippen LogP contribution in [0.15, 0.2) is 18.2 Å². The van der Waals surface area contributed by atoms with E-state index < -0.39 is 17.5 Å². The van der Waals surface area contributed by atoms with Gasteiger partial charge in [0.2, 0.25) is 0 Å². The number of carboxylic acids is 1. The number of phenols is 1. The molecular weight excluding hydrogens is 208 g/mol. The van der Waals surface area contributed by atoms with Crippen LogP contribution in [0.1, 0.15) is 24.0 Å². The summed E-state index contributed by atoms with van der Waals surface area (Å²) in [6, 6.07) is 4.94. The molecule has 0 bridgehead atoms. The standard InChI is InChI=1S/C12H14O4/c1-7-2-3-9(10(14)4-7)12(11(15)16)5-8(13)6-12/h2-4,8,13-14H,5-6H2,1H3,(H,15,16). The van der Waals surface area contributed by atoms with Gasteiger partial charge in [-0.25, -0.2) is 0 Å². The van der Waals surface area contributed by atoms with Gasteiger partial charge in [-0.3, -0.25) is 4.79 Å². The Labute approximate surface area is 93.2 Å². The van der Waals surface area contributed by atoms with E-state index >= 15 is 0 Å². The number of aliphatic carboxylic acids is 1. The van der Waals surface area contributed by atoms with E-state index in [1.165, 1.54) is 0 Å². The number of aliphatic hydroxyl groups is 1. The quantitative estimate of drug-likeness (QED) is 0.702. The predicted molar refractivity (Wildman–Crippen MR) is 57.4 cm³/mol.